The smallest absolute Gasteiger partial charge is 0.408 e. The van der Waals surface area contributed by atoms with Crippen LogP contribution in [0.4, 0.5) is 4.79 Å². The van der Waals surface area contributed by atoms with E-state index in [-0.39, 0.29) is 44.0 Å². The number of ether oxygens (including phenoxy) is 1. The standard InChI is InChI=1S/C37H45N5O6/c1-4-29(43)20-34(44)31(17-24(2)3)40-36(46)33(19-28-21-38-23-39-28)41-35(45)32(42-37(47)48-22-25-11-6-5-7-12-25)18-27-15-10-14-26-13-8-9-16-30(26)27/h5-16,21,23-24,31-34,44H,4,17-20,22H2,1-3H3,(H,38,39)(H,40,46)(H,41,45)(H,42,47)/t31-,32-,33-,34-/m0/s1. The molecule has 0 radical (unpaired) electrons. The van der Waals surface area contributed by atoms with Gasteiger partial charge in [0, 0.05) is 37.6 Å². The number of rotatable bonds is 17. The molecule has 3 aromatic carbocycles. The van der Waals surface area contributed by atoms with E-state index in [2.05, 4.69) is 25.9 Å². The fourth-order valence-corrected chi connectivity index (χ4v) is 5.53. The highest BCUT2D eigenvalue weighted by Crippen LogP contribution is 2.20. The summed E-state index contributed by atoms with van der Waals surface area (Å²) in [5.74, 6) is -1.14. The van der Waals surface area contributed by atoms with E-state index in [1.54, 1.807) is 13.1 Å². The lowest BCUT2D eigenvalue weighted by molar-refractivity contribution is -0.131. The van der Waals surface area contributed by atoms with Gasteiger partial charge in [-0.1, -0.05) is 93.6 Å². The minimum atomic E-state index is -1.10. The van der Waals surface area contributed by atoms with Gasteiger partial charge >= 0.3 is 6.09 Å². The van der Waals surface area contributed by atoms with Crippen molar-refractivity contribution in [3.8, 4) is 0 Å². The molecule has 0 saturated carbocycles. The summed E-state index contributed by atoms with van der Waals surface area (Å²) in [5.41, 5.74) is 2.21. The van der Waals surface area contributed by atoms with Crippen LogP contribution in [0.15, 0.2) is 85.3 Å². The lowest BCUT2D eigenvalue weighted by Crippen LogP contribution is -2.57. The first-order valence-electron chi connectivity index (χ1n) is 16.3. The van der Waals surface area contributed by atoms with Crippen LogP contribution in [-0.4, -0.2) is 63.0 Å². The van der Waals surface area contributed by atoms with Crippen molar-refractivity contribution in [3.63, 3.8) is 0 Å². The fourth-order valence-electron chi connectivity index (χ4n) is 5.53. The number of nitrogens with zero attached hydrogens (tertiary/aromatic N) is 1. The quantitative estimate of drug-likeness (QED) is 0.113. The van der Waals surface area contributed by atoms with Crippen molar-refractivity contribution in [3.05, 3.63) is 102 Å². The van der Waals surface area contributed by atoms with Crippen molar-refractivity contribution in [2.45, 2.75) is 83.7 Å². The molecule has 1 heterocycles. The molecule has 3 amide bonds. The molecule has 5 N–H and O–H groups in total. The molecule has 11 nitrogen and oxygen atoms in total. The molecule has 11 heteroatoms. The van der Waals surface area contributed by atoms with Crippen LogP contribution in [0.1, 0.15) is 56.9 Å². The number of hydrogen-bond acceptors (Lipinski definition) is 7. The van der Waals surface area contributed by atoms with Crippen LogP contribution >= 0.6 is 0 Å². The molecule has 0 aliphatic heterocycles. The van der Waals surface area contributed by atoms with Gasteiger partial charge < -0.3 is 30.8 Å². The lowest BCUT2D eigenvalue weighted by Gasteiger charge is -2.28. The number of fused-ring (bicyclic) bond motifs is 1. The van der Waals surface area contributed by atoms with E-state index in [0.717, 1.165) is 21.9 Å². The van der Waals surface area contributed by atoms with Crippen molar-refractivity contribution in [1.29, 1.82) is 0 Å². The largest absolute Gasteiger partial charge is 0.445 e. The highest BCUT2D eigenvalue weighted by Gasteiger charge is 2.31. The van der Waals surface area contributed by atoms with Crippen LogP contribution in [0.2, 0.25) is 0 Å². The molecule has 4 atom stereocenters. The summed E-state index contributed by atoms with van der Waals surface area (Å²) in [6.07, 6.45) is 1.95. The number of carbonyl (C=O) groups is 4. The summed E-state index contributed by atoms with van der Waals surface area (Å²) in [6, 6.07) is 19.8. The molecule has 48 heavy (non-hydrogen) atoms. The number of carbonyl (C=O) groups excluding carboxylic acids is 4. The first-order chi connectivity index (χ1) is 23.1. The maximum atomic E-state index is 14.0. The number of benzene rings is 3. The number of aliphatic hydroxyl groups is 1. The van der Waals surface area contributed by atoms with E-state index in [0.29, 0.717) is 12.1 Å². The Morgan fingerprint density at radius 2 is 1.54 bits per heavy atom. The van der Waals surface area contributed by atoms with Crippen molar-refractivity contribution in [2.24, 2.45) is 5.92 Å². The molecule has 4 aromatic rings. The topological polar surface area (TPSA) is 163 Å². The summed E-state index contributed by atoms with van der Waals surface area (Å²) >= 11 is 0. The Bertz CT molecular complexity index is 1640. The number of imidazole rings is 1. The van der Waals surface area contributed by atoms with Gasteiger partial charge in [0.1, 0.15) is 24.5 Å². The Morgan fingerprint density at radius 1 is 0.854 bits per heavy atom. The Labute approximate surface area is 280 Å². The van der Waals surface area contributed by atoms with Crippen LogP contribution in [0, 0.1) is 5.92 Å². The third-order valence-corrected chi connectivity index (χ3v) is 8.09. The molecule has 0 bridgehead atoms. The monoisotopic (exact) mass is 655 g/mol. The number of aromatic nitrogens is 2. The molecular formula is C37H45N5O6. The van der Waals surface area contributed by atoms with E-state index in [9.17, 15) is 24.3 Å². The van der Waals surface area contributed by atoms with Gasteiger partial charge in [-0.25, -0.2) is 9.78 Å². The number of H-pyrrole nitrogens is 1. The fraction of sp³-hybridized carbons (Fsp3) is 0.378. The first kappa shape index (κ1) is 35.8. The Balaban J connectivity index is 1.57. The van der Waals surface area contributed by atoms with Gasteiger partial charge in [-0.05, 0) is 34.2 Å². The predicted octanol–water partition coefficient (Wildman–Crippen LogP) is 4.39. The molecule has 0 aliphatic rings. The summed E-state index contributed by atoms with van der Waals surface area (Å²) in [6.45, 7) is 5.65. The molecule has 0 aliphatic carbocycles. The van der Waals surface area contributed by atoms with Crippen LogP contribution < -0.4 is 16.0 Å². The molecule has 0 spiro atoms. The van der Waals surface area contributed by atoms with Crippen molar-refractivity contribution >= 4 is 34.5 Å². The average Bonchev–Trinajstić information content (AvgIpc) is 3.60. The maximum absolute atomic E-state index is 14.0. The summed E-state index contributed by atoms with van der Waals surface area (Å²) in [7, 11) is 0. The van der Waals surface area contributed by atoms with Gasteiger partial charge in [0.15, 0.2) is 0 Å². The number of nitrogens with one attached hydrogen (secondary N) is 4. The summed E-state index contributed by atoms with van der Waals surface area (Å²) < 4.78 is 5.45. The van der Waals surface area contributed by atoms with Gasteiger partial charge in [0.2, 0.25) is 11.8 Å². The third kappa shape index (κ3) is 10.8. The number of amides is 3. The van der Waals surface area contributed by atoms with Crippen LogP contribution in [0.25, 0.3) is 10.8 Å². The van der Waals surface area contributed by atoms with E-state index in [4.69, 9.17) is 4.74 Å². The Kier molecular flexibility index (Phi) is 13.3. The molecular weight excluding hydrogens is 610 g/mol. The Hall–Kier alpha value is -5.03. The number of aromatic amines is 1. The minimum absolute atomic E-state index is 0.0141. The zero-order valence-electron chi connectivity index (χ0n) is 27.6. The van der Waals surface area contributed by atoms with Gasteiger partial charge in [0.05, 0.1) is 18.5 Å². The first-order valence-corrected chi connectivity index (χ1v) is 16.3. The molecule has 4 rings (SSSR count). The molecule has 1 aromatic heterocycles. The van der Waals surface area contributed by atoms with Crippen molar-refractivity contribution < 1.29 is 29.0 Å². The molecule has 254 valence electrons. The van der Waals surface area contributed by atoms with Crippen molar-refractivity contribution in [2.75, 3.05) is 0 Å². The zero-order chi connectivity index (χ0) is 34.5. The molecule has 0 fully saturated rings. The highest BCUT2D eigenvalue weighted by atomic mass is 16.5. The van der Waals surface area contributed by atoms with Crippen molar-refractivity contribution in [1.82, 2.24) is 25.9 Å². The second-order valence-electron chi connectivity index (χ2n) is 12.4. The number of ketones is 1. The van der Waals surface area contributed by atoms with Gasteiger partial charge in [-0.3, -0.25) is 14.4 Å². The maximum Gasteiger partial charge on any atom is 0.408 e. The lowest BCUT2D eigenvalue weighted by atomic mass is 9.95. The summed E-state index contributed by atoms with van der Waals surface area (Å²) in [4.78, 5) is 60.0. The van der Waals surface area contributed by atoms with Crippen LogP contribution in [0.5, 0.6) is 0 Å². The van der Waals surface area contributed by atoms with Gasteiger partial charge in [-0.2, -0.15) is 0 Å². The van der Waals surface area contributed by atoms with E-state index in [1.807, 2.05) is 86.6 Å². The predicted molar refractivity (Wildman–Crippen MR) is 183 cm³/mol. The number of alkyl carbamates (subject to hydrolysis) is 1. The van der Waals surface area contributed by atoms with Crippen LogP contribution in [-0.2, 0) is 38.6 Å². The van der Waals surface area contributed by atoms with Gasteiger partial charge in [0.25, 0.3) is 0 Å². The second kappa shape index (κ2) is 17.8. The van der Waals surface area contributed by atoms with Gasteiger partial charge in [-0.15, -0.1) is 0 Å². The van der Waals surface area contributed by atoms with E-state index in [1.165, 1.54) is 6.33 Å². The average molecular weight is 656 g/mol. The molecule has 0 unspecified atom stereocenters. The Morgan fingerprint density at radius 3 is 2.25 bits per heavy atom. The van der Waals surface area contributed by atoms with Crippen LogP contribution in [0.3, 0.4) is 0 Å². The number of aliphatic hydroxyl groups excluding tert-OH is 1. The number of Topliss-reactive ketones (excluding diaryl/α,β-unsaturated/α-hetero) is 1. The third-order valence-electron chi connectivity index (χ3n) is 8.09. The zero-order valence-corrected chi connectivity index (χ0v) is 27.6. The van der Waals surface area contributed by atoms with E-state index < -0.39 is 42.1 Å². The number of hydrogen-bond donors (Lipinski definition) is 5. The molecule has 0 saturated heterocycles. The SMILES string of the molecule is CCC(=O)C[C@H](O)[C@H](CC(C)C)NC(=O)[C@H](Cc1cnc[nH]1)NC(=O)[C@H](Cc1cccc2ccccc12)NC(=O)OCc1ccccc1. The summed E-state index contributed by atoms with van der Waals surface area (Å²) in [5, 5.41) is 21.2. The second-order valence-corrected chi connectivity index (χ2v) is 12.4. The normalized spacial score (nSPS) is 13.7. The minimum Gasteiger partial charge on any atom is -0.445 e. The highest BCUT2D eigenvalue weighted by molar-refractivity contribution is 5.93. The van der Waals surface area contributed by atoms with E-state index >= 15 is 0 Å².